The van der Waals surface area contributed by atoms with Crippen molar-refractivity contribution in [3.63, 3.8) is 0 Å². The molecule has 2 aromatic rings. The molecule has 3 rings (SSSR count). The van der Waals surface area contributed by atoms with Gasteiger partial charge in [-0.25, -0.2) is 0 Å². The van der Waals surface area contributed by atoms with E-state index in [1.807, 2.05) is 57.2 Å². The summed E-state index contributed by atoms with van der Waals surface area (Å²) >= 11 is 0. The third-order valence-corrected chi connectivity index (χ3v) is 4.09. The summed E-state index contributed by atoms with van der Waals surface area (Å²) in [6.07, 6.45) is -0.669. The van der Waals surface area contributed by atoms with Gasteiger partial charge in [-0.05, 0) is 39.0 Å². The summed E-state index contributed by atoms with van der Waals surface area (Å²) in [5.74, 6) is 1.84. The Hall–Kier alpha value is -2.69. The zero-order chi connectivity index (χ0) is 17.8. The molecule has 2 unspecified atom stereocenters. The van der Waals surface area contributed by atoms with Gasteiger partial charge >= 0.3 is 0 Å². The van der Waals surface area contributed by atoms with Crippen LogP contribution in [0.15, 0.2) is 42.5 Å². The van der Waals surface area contributed by atoms with E-state index >= 15 is 0 Å². The fourth-order valence-electron chi connectivity index (χ4n) is 2.83. The average molecular weight is 341 g/mol. The average Bonchev–Trinajstić information content (AvgIpc) is 2.62. The highest BCUT2D eigenvalue weighted by Gasteiger charge is 2.28. The minimum absolute atomic E-state index is 0.196. The van der Waals surface area contributed by atoms with Gasteiger partial charge < -0.3 is 19.5 Å². The molecule has 1 amide bonds. The summed E-state index contributed by atoms with van der Waals surface area (Å²) in [4.78, 5) is 12.6. The van der Waals surface area contributed by atoms with Crippen molar-refractivity contribution in [2.24, 2.45) is 0 Å². The third-order valence-electron chi connectivity index (χ3n) is 4.09. The van der Waals surface area contributed by atoms with Crippen molar-refractivity contribution in [2.75, 3.05) is 13.2 Å². The van der Waals surface area contributed by atoms with Crippen molar-refractivity contribution < 1.29 is 19.0 Å². The lowest BCUT2D eigenvalue weighted by Crippen LogP contribution is -2.44. The normalized spacial score (nSPS) is 16.8. The number of fused-ring (bicyclic) bond motifs is 1. The van der Waals surface area contributed by atoms with Gasteiger partial charge in [-0.15, -0.1) is 0 Å². The van der Waals surface area contributed by atoms with Crippen LogP contribution in [-0.2, 0) is 4.79 Å². The first-order valence-corrected chi connectivity index (χ1v) is 8.50. The van der Waals surface area contributed by atoms with Crippen LogP contribution >= 0.6 is 0 Å². The fourth-order valence-corrected chi connectivity index (χ4v) is 2.83. The van der Waals surface area contributed by atoms with Crippen molar-refractivity contribution in [1.29, 1.82) is 0 Å². The highest BCUT2D eigenvalue weighted by molar-refractivity contribution is 5.82. The van der Waals surface area contributed by atoms with Gasteiger partial charge in [0.1, 0.15) is 12.4 Å². The first-order chi connectivity index (χ1) is 12.1. The van der Waals surface area contributed by atoms with Crippen molar-refractivity contribution >= 4 is 5.91 Å². The summed E-state index contributed by atoms with van der Waals surface area (Å²) in [6.45, 7) is 6.67. The van der Waals surface area contributed by atoms with Crippen LogP contribution in [0.4, 0.5) is 0 Å². The molecule has 0 aliphatic carbocycles. The molecule has 2 atom stereocenters. The molecule has 2 aromatic carbocycles. The number of rotatable bonds is 5. The Morgan fingerprint density at radius 2 is 2.04 bits per heavy atom. The maximum Gasteiger partial charge on any atom is 0.265 e. The van der Waals surface area contributed by atoms with Gasteiger partial charge in [-0.3, -0.25) is 4.79 Å². The number of amides is 1. The Balaban J connectivity index is 1.70. The van der Waals surface area contributed by atoms with Crippen LogP contribution in [0.1, 0.15) is 31.0 Å². The van der Waals surface area contributed by atoms with Crippen LogP contribution in [0, 0.1) is 6.92 Å². The van der Waals surface area contributed by atoms with Crippen LogP contribution in [0.3, 0.4) is 0 Å². The van der Waals surface area contributed by atoms with Gasteiger partial charge in [-0.2, -0.15) is 0 Å². The molecular weight excluding hydrogens is 318 g/mol. The zero-order valence-corrected chi connectivity index (χ0v) is 14.7. The topological polar surface area (TPSA) is 56.8 Å². The highest BCUT2D eigenvalue weighted by Crippen LogP contribution is 2.31. The molecular formula is C20H23NO4. The molecule has 25 heavy (non-hydrogen) atoms. The Labute approximate surface area is 147 Å². The third kappa shape index (κ3) is 3.87. The molecule has 5 nitrogen and oxygen atoms in total. The molecule has 1 aliphatic heterocycles. The summed E-state index contributed by atoms with van der Waals surface area (Å²) in [6, 6.07) is 13.1. The van der Waals surface area contributed by atoms with Gasteiger partial charge in [0.05, 0.1) is 12.6 Å². The highest BCUT2D eigenvalue weighted by atomic mass is 16.6. The Bertz CT molecular complexity index is 759. The zero-order valence-electron chi connectivity index (χ0n) is 14.7. The maximum atomic E-state index is 12.6. The van der Waals surface area contributed by atoms with Gasteiger partial charge in [0.2, 0.25) is 6.10 Å². The van der Waals surface area contributed by atoms with Crippen LogP contribution < -0.4 is 19.5 Å². The first kappa shape index (κ1) is 17.1. The molecule has 132 valence electrons. The van der Waals surface area contributed by atoms with Crippen LogP contribution in [0.5, 0.6) is 17.2 Å². The van der Waals surface area contributed by atoms with E-state index in [0.717, 1.165) is 16.9 Å². The monoisotopic (exact) mass is 341 g/mol. The van der Waals surface area contributed by atoms with E-state index in [9.17, 15) is 4.79 Å². The molecule has 0 saturated carbocycles. The van der Waals surface area contributed by atoms with Crippen LogP contribution in [0.25, 0.3) is 0 Å². The lowest BCUT2D eigenvalue weighted by molar-refractivity contribution is -0.131. The Morgan fingerprint density at radius 1 is 1.28 bits per heavy atom. The minimum atomic E-state index is -0.669. The number of benzene rings is 2. The summed E-state index contributed by atoms with van der Waals surface area (Å²) in [5.41, 5.74) is 2.07. The lowest BCUT2D eigenvalue weighted by Gasteiger charge is -2.27. The van der Waals surface area contributed by atoms with E-state index in [-0.39, 0.29) is 18.6 Å². The van der Waals surface area contributed by atoms with Gasteiger partial charge in [0, 0.05) is 5.56 Å². The maximum absolute atomic E-state index is 12.6. The van der Waals surface area contributed by atoms with E-state index in [1.165, 1.54) is 0 Å². The first-order valence-electron chi connectivity index (χ1n) is 8.50. The van der Waals surface area contributed by atoms with Crippen molar-refractivity contribution in [3.05, 3.63) is 53.6 Å². The number of carbonyl (C=O) groups excluding carboxylic acids is 1. The standard InChI is InChI=1S/C20H23NO4/c1-4-23-16-10-9-13(2)11-15(16)14(3)21-20(22)19-12-24-17-7-5-6-8-18(17)25-19/h5-11,14,19H,4,12H2,1-3H3,(H,21,22). The Kier molecular flexibility index (Phi) is 5.12. The van der Waals surface area contributed by atoms with Crippen molar-refractivity contribution in [2.45, 2.75) is 32.9 Å². The summed E-state index contributed by atoms with van der Waals surface area (Å²) in [7, 11) is 0. The van der Waals surface area contributed by atoms with Crippen molar-refractivity contribution in [3.8, 4) is 17.2 Å². The van der Waals surface area contributed by atoms with E-state index < -0.39 is 6.10 Å². The molecule has 0 aromatic heterocycles. The number of hydrogen-bond donors (Lipinski definition) is 1. The molecule has 0 radical (unpaired) electrons. The number of aryl methyl sites for hydroxylation is 1. The van der Waals surface area contributed by atoms with Gasteiger partial charge in [0.15, 0.2) is 11.5 Å². The minimum Gasteiger partial charge on any atom is -0.494 e. The van der Waals surface area contributed by atoms with Crippen molar-refractivity contribution in [1.82, 2.24) is 5.32 Å². The number of nitrogens with one attached hydrogen (secondary N) is 1. The number of carbonyl (C=O) groups is 1. The number of ether oxygens (including phenoxy) is 3. The second-order valence-corrected chi connectivity index (χ2v) is 6.07. The van der Waals surface area contributed by atoms with Crippen LogP contribution in [0.2, 0.25) is 0 Å². The number of para-hydroxylation sites is 2. The van der Waals surface area contributed by atoms with E-state index in [4.69, 9.17) is 14.2 Å². The largest absolute Gasteiger partial charge is 0.494 e. The van der Waals surface area contributed by atoms with Crippen LogP contribution in [-0.4, -0.2) is 25.2 Å². The summed E-state index contributed by atoms with van der Waals surface area (Å²) < 4.78 is 17.1. The molecule has 1 aliphatic rings. The molecule has 5 heteroatoms. The molecule has 0 saturated heterocycles. The fraction of sp³-hybridized carbons (Fsp3) is 0.350. The molecule has 1 heterocycles. The quantitative estimate of drug-likeness (QED) is 0.905. The van der Waals surface area contributed by atoms with Gasteiger partial charge in [-0.1, -0.05) is 29.8 Å². The van der Waals surface area contributed by atoms with E-state index in [1.54, 1.807) is 6.07 Å². The van der Waals surface area contributed by atoms with E-state index in [2.05, 4.69) is 5.32 Å². The van der Waals surface area contributed by atoms with E-state index in [0.29, 0.717) is 18.1 Å². The molecule has 0 fully saturated rings. The number of hydrogen-bond acceptors (Lipinski definition) is 4. The van der Waals surface area contributed by atoms with Gasteiger partial charge in [0.25, 0.3) is 5.91 Å². The molecule has 0 bridgehead atoms. The second-order valence-electron chi connectivity index (χ2n) is 6.07. The Morgan fingerprint density at radius 3 is 2.80 bits per heavy atom. The second kappa shape index (κ2) is 7.47. The summed E-state index contributed by atoms with van der Waals surface area (Å²) in [5, 5.41) is 3.00. The predicted molar refractivity (Wildman–Crippen MR) is 95.3 cm³/mol. The molecule has 1 N–H and O–H groups in total. The predicted octanol–water partition coefficient (Wildman–Crippen LogP) is 3.41. The lowest BCUT2D eigenvalue weighted by atomic mass is 10.0. The molecule has 0 spiro atoms. The smallest absolute Gasteiger partial charge is 0.265 e. The SMILES string of the molecule is CCOc1ccc(C)cc1C(C)NC(=O)C1COc2ccccc2O1.